The molecule has 0 spiro atoms. The Kier molecular flexibility index (Phi) is 1.93. The highest BCUT2D eigenvalue weighted by Gasteiger charge is 2.07. The highest BCUT2D eigenvalue weighted by Crippen LogP contribution is 2.29. The van der Waals surface area contributed by atoms with Gasteiger partial charge in [0.15, 0.2) is 6.29 Å². The van der Waals surface area contributed by atoms with Crippen molar-refractivity contribution in [2.75, 3.05) is 0 Å². The Bertz CT molecular complexity index is 506. The number of hydrogen-bond donors (Lipinski definition) is 1. The molecule has 0 aliphatic carbocycles. The van der Waals surface area contributed by atoms with E-state index in [-0.39, 0.29) is 5.75 Å². The number of nitrogens with zero attached hydrogens (tertiary/aromatic N) is 1. The Morgan fingerprint density at radius 1 is 1.36 bits per heavy atom. The molecular formula is C11H9NO2. The van der Waals surface area contributed by atoms with Crippen molar-refractivity contribution in [3.05, 3.63) is 35.7 Å². The quantitative estimate of drug-likeness (QED) is 0.695. The predicted octanol–water partition coefficient (Wildman–Crippen LogP) is 2.06. The molecule has 1 heterocycles. The van der Waals surface area contributed by atoms with E-state index in [1.165, 1.54) is 0 Å². The first-order valence-corrected chi connectivity index (χ1v) is 4.26. The molecule has 0 bridgehead atoms. The van der Waals surface area contributed by atoms with Crippen LogP contribution >= 0.6 is 0 Å². The van der Waals surface area contributed by atoms with Gasteiger partial charge in [-0.2, -0.15) is 0 Å². The van der Waals surface area contributed by atoms with Crippen LogP contribution < -0.4 is 0 Å². The number of aromatic hydroxyl groups is 1. The molecule has 2 rings (SSSR count). The first kappa shape index (κ1) is 8.69. The van der Waals surface area contributed by atoms with Crippen LogP contribution in [0.25, 0.3) is 10.8 Å². The molecule has 0 unspecified atom stereocenters. The lowest BCUT2D eigenvalue weighted by molar-refractivity contribution is 0.112. The molecule has 0 atom stereocenters. The van der Waals surface area contributed by atoms with E-state index >= 15 is 0 Å². The number of hydrogen-bond acceptors (Lipinski definition) is 3. The first-order valence-electron chi connectivity index (χ1n) is 4.26. The van der Waals surface area contributed by atoms with Crippen molar-refractivity contribution in [1.29, 1.82) is 0 Å². The number of benzene rings is 1. The van der Waals surface area contributed by atoms with Crippen LogP contribution in [0.2, 0.25) is 0 Å². The average molecular weight is 187 g/mol. The van der Waals surface area contributed by atoms with Crippen molar-refractivity contribution in [2.45, 2.75) is 6.92 Å². The van der Waals surface area contributed by atoms with Gasteiger partial charge in [0.25, 0.3) is 0 Å². The molecule has 14 heavy (non-hydrogen) atoms. The van der Waals surface area contributed by atoms with Crippen molar-refractivity contribution in [1.82, 2.24) is 4.98 Å². The number of carbonyl (C=O) groups is 1. The smallest absolute Gasteiger partial charge is 0.153 e. The van der Waals surface area contributed by atoms with Gasteiger partial charge in [-0.15, -0.1) is 0 Å². The van der Waals surface area contributed by atoms with E-state index in [4.69, 9.17) is 0 Å². The summed E-state index contributed by atoms with van der Waals surface area (Å²) in [6.07, 6.45) is 2.32. The van der Waals surface area contributed by atoms with Gasteiger partial charge in [-0.3, -0.25) is 9.78 Å². The number of rotatable bonds is 1. The normalized spacial score (nSPS) is 10.4. The molecule has 0 aliphatic heterocycles. The Labute approximate surface area is 81.0 Å². The van der Waals surface area contributed by atoms with Crippen LogP contribution in [0.3, 0.4) is 0 Å². The van der Waals surface area contributed by atoms with Gasteiger partial charge in [-0.1, -0.05) is 6.07 Å². The minimum atomic E-state index is 0.0168. The van der Waals surface area contributed by atoms with Gasteiger partial charge < -0.3 is 5.11 Å². The number of fused-ring (bicyclic) bond motifs is 1. The summed E-state index contributed by atoms with van der Waals surface area (Å²) in [6, 6.07) is 5.20. The van der Waals surface area contributed by atoms with E-state index in [1.54, 1.807) is 31.3 Å². The maximum Gasteiger partial charge on any atom is 0.153 e. The van der Waals surface area contributed by atoms with Gasteiger partial charge >= 0.3 is 0 Å². The van der Waals surface area contributed by atoms with Gasteiger partial charge in [0.05, 0.1) is 5.56 Å². The molecule has 3 heteroatoms. The van der Waals surface area contributed by atoms with Crippen LogP contribution in [0.5, 0.6) is 5.75 Å². The molecule has 2 aromatic rings. The molecule has 1 N–H and O–H groups in total. The van der Waals surface area contributed by atoms with Crippen LogP contribution in [-0.2, 0) is 0 Å². The van der Waals surface area contributed by atoms with Crippen LogP contribution in [0.15, 0.2) is 24.4 Å². The third kappa shape index (κ3) is 1.14. The van der Waals surface area contributed by atoms with Crippen molar-refractivity contribution >= 4 is 17.1 Å². The topological polar surface area (TPSA) is 50.2 Å². The van der Waals surface area contributed by atoms with E-state index < -0.39 is 0 Å². The predicted molar refractivity (Wildman–Crippen MR) is 53.5 cm³/mol. The van der Waals surface area contributed by atoms with E-state index in [0.29, 0.717) is 17.2 Å². The monoisotopic (exact) mass is 187 g/mol. The number of phenolic OH excluding ortho intramolecular Hbond substituents is 1. The van der Waals surface area contributed by atoms with Crippen molar-refractivity contribution in [3.63, 3.8) is 0 Å². The Balaban J connectivity index is 2.93. The summed E-state index contributed by atoms with van der Waals surface area (Å²) >= 11 is 0. The molecule has 0 aliphatic rings. The zero-order chi connectivity index (χ0) is 10.1. The second-order valence-corrected chi connectivity index (χ2v) is 3.12. The van der Waals surface area contributed by atoms with Crippen LogP contribution in [0, 0.1) is 6.92 Å². The summed E-state index contributed by atoms with van der Waals surface area (Å²) in [4.78, 5) is 14.7. The summed E-state index contributed by atoms with van der Waals surface area (Å²) in [5, 5.41) is 11.3. The number of aldehydes is 1. The molecular weight excluding hydrogens is 178 g/mol. The van der Waals surface area contributed by atoms with Gasteiger partial charge in [0.2, 0.25) is 0 Å². The van der Waals surface area contributed by atoms with E-state index in [9.17, 15) is 9.90 Å². The van der Waals surface area contributed by atoms with Crippen LogP contribution in [-0.4, -0.2) is 16.4 Å². The SMILES string of the molecule is Cc1nccc2ccc(C=O)c(O)c12. The largest absolute Gasteiger partial charge is 0.506 e. The fourth-order valence-electron chi connectivity index (χ4n) is 1.53. The third-order valence-electron chi connectivity index (χ3n) is 2.25. The number of phenols is 1. The summed E-state index contributed by atoms with van der Waals surface area (Å²) in [7, 11) is 0. The Hall–Kier alpha value is -1.90. The number of pyridine rings is 1. The van der Waals surface area contributed by atoms with Crippen molar-refractivity contribution in [3.8, 4) is 5.75 Å². The molecule has 70 valence electrons. The zero-order valence-corrected chi connectivity index (χ0v) is 7.69. The van der Waals surface area contributed by atoms with Crippen molar-refractivity contribution in [2.24, 2.45) is 0 Å². The minimum absolute atomic E-state index is 0.0168. The molecule has 0 fully saturated rings. The molecule has 0 radical (unpaired) electrons. The fourth-order valence-corrected chi connectivity index (χ4v) is 1.53. The summed E-state index contributed by atoms with van der Waals surface area (Å²) in [5.74, 6) is 0.0168. The Morgan fingerprint density at radius 3 is 2.86 bits per heavy atom. The number of carbonyl (C=O) groups excluding carboxylic acids is 1. The number of aromatic nitrogens is 1. The molecule has 1 aromatic carbocycles. The van der Waals surface area contributed by atoms with Gasteiger partial charge in [0.1, 0.15) is 5.75 Å². The maximum atomic E-state index is 10.6. The Morgan fingerprint density at radius 2 is 2.14 bits per heavy atom. The standard InChI is InChI=1S/C11H9NO2/c1-7-10-8(4-5-12-7)2-3-9(6-13)11(10)14/h2-6,14H,1H3. The van der Waals surface area contributed by atoms with Gasteiger partial charge in [0, 0.05) is 17.3 Å². The van der Waals surface area contributed by atoms with Crippen molar-refractivity contribution < 1.29 is 9.90 Å². The first-order chi connectivity index (χ1) is 6.74. The molecule has 0 amide bonds. The lowest BCUT2D eigenvalue weighted by Gasteiger charge is -2.05. The van der Waals surface area contributed by atoms with Crippen LogP contribution in [0.1, 0.15) is 16.1 Å². The fraction of sp³-hybridized carbons (Fsp3) is 0.0909. The van der Waals surface area contributed by atoms with Gasteiger partial charge in [-0.25, -0.2) is 0 Å². The lowest BCUT2D eigenvalue weighted by Crippen LogP contribution is -1.88. The van der Waals surface area contributed by atoms with Gasteiger partial charge in [-0.05, 0) is 24.4 Å². The summed E-state index contributed by atoms with van der Waals surface area (Å²) < 4.78 is 0. The third-order valence-corrected chi connectivity index (χ3v) is 2.25. The number of aryl methyl sites for hydroxylation is 1. The molecule has 0 saturated carbocycles. The van der Waals surface area contributed by atoms with E-state index in [1.807, 2.05) is 0 Å². The van der Waals surface area contributed by atoms with E-state index in [2.05, 4.69) is 4.98 Å². The summed E-state index contributed by atoms with van der Waals surface area (Å²) in [6.45, 7) is 1.80. The second kappa shape index (κ2) is 3.10. The average Bonchev–Trinajstić information content (AvgIpc) is 2.18. The van der Waals surface area contributed by atoms with Crippen LogP contribution in [0.4, 0.5) is 0 Å². The highest BCUT2D eigenvalue weighted by atomic mass is 16.3. The minimum Gasteiger partial charge on any atom is -0.506 e. The molecule has 3 nitrogen and oxygen atoms in total. The lowest BCUT2D eigenvalue weighted by atomic mass is 10.1. The van der Waals surface area contributed by atoms with E-state index in [0.717, 1.165) is 11.1 Å². The zero-order valence-electron chi connectivity index (χ0n) is 7.69. The second-order valence-electron chi connectivity index (χ2n) is 3.12. The molecule has 1 aromatic heterocycles. The maximum absolute atomic E-state index is 10.6. The molecule has 0 saturated heterocycles. The highest BCUT2D eigenvalue weighted by molar-refractivity contribution is 5.96. The summed E-state index contributed by atoms with van der Waals surface area (Å²) in [5.41, 5.74) is 1.03.